The second-order valence-electron chi connectivity index (χ2n) is 6.65. The Balaban J connectivity index is 1.59. The Kier molecular flexibility index (Phi) is 5.26. The summed E-state index contributed by atoms with van der Waals surface area (Å²) in [7, 11) is 3.15. The average molecular weight is 404 g/mol. The van der Waals surface area contributed by atoms with Crippen molar-refractivity contribution in [2.75, 3.05) is 19.5 Å². The number of nitrogens with one attached hydrogen (secondary N) is 2. The molecule has 7 nitrogen and oxygen atoms in total. The maximum Gasteiger partial charge on any atom is 0.255 e. The topological polar surface area (TPSA) is 85.9 Å². The molecule has 0 saturated carbocycles. The van der Waals surface area contributed by atoms with Crippen molar-refractivity contribution in [3.8, 4) is 23.0 Å². The number of rotatable bonds is 4. The van der Waals surface area contributed by atoms with Crippen molar-refractivity contribution in [1.29, 1.82) is 0 Å². The zero-order valence-corrected chi connectivity index (χ0v) is 16.5. The van der Waals surface area contributed by atoms with E-state index >= 15 is 0 Å². The van der Waals surface area contributed by atoms with Gasteiger partial charge in [-0.3, -0.25) is 9.59 Å². The highest BCUT2D eigenvalue weighted by Gasteiger charge is 2.20. The van der Waals surface area contributed by atoms with E-state index in [1.54, 1.807) is 68.8 Å². The number of fused-ring (bicyclic) bond motifs is 2. The van der Waals surface area contributed by atoms with Crippen LogP contribution in [0.1, 0.15) is 26.3 Å². The van der Waals surface area contributed by atoms with Crippen LogP contribution in [0.25, 0.3) is 0 Å². The molecule has 3 aromatic rings. The van der Waals surface area contributed by atoms with E-state index in [1.807, 2.05) is 6.07 Å². The van der Waals surface area contributed by atoms with Crippen LogP contribution in [0.5, 0.6) is 23.0 Å². The first kappa shape index (κ1) is 19.3. The fourth-order valence-corrected chi connectivity index (χ4v) is 3.13. The van der Waals surface area contributed by atoms with E-state index in [0.717, 1.165) is 5.56 Å². The lowest BCUT2D eigenvalue weighted by Crippen LogP contribution is -2.25. The molecule has 30 heavy (non-hydrogen) atoms. The predicted octanol–water partition coefficient (Wildman–Crippen LogP) is 3.99. The molecule has 7 heteroatoms. The van der Waals surface area contributed by atoms with E-state index < -0.39 is 0 Å². The van der Waals surface area contributed by atoms with Gasteiger partial charge in [0.25, 0.3) is 11.8 Å². The number of hydrogen-bond acceptors (Lipinski definition) is 5. The number of ether oxygens (including phenoxy) is 3. The molecule has 152 valence electrons. The second kappa shape index (κ2) is 8.16. The van der Waals surface area contributed by atoms with Gasteiger partial charge in [0, 0.05) is 23.4 Å². The lowest BCUT2D eigenvalue weighted by atomic mass is 10.1. The second-order valence-corrected chi connectivity index (χ2v) is 6.65. The van der Waals surface area contributed by atoms with Gasteiger partial charge in [0.15, 0.2) is 0 Å². The van der Waals surface area contributed by atoms with Crippen LogP contribution in [0.15, 0.2) is 60.7 Å². The third-order valence-electron chi connectivity index (χ3n) is 4.76. The van der Waals surface area contributed by atoms with Gasteiger partial charge in [-0.1, -0.05) is 0 Å². The first-order valence-electron chi connectivity index (χ1n) is 9.30. The number of methoxy groups -OCH3 is 2. The van der Waals surface area contributed by atoms with Crippen LogP contribution < -0.4 is 24.8 Å². The number of hydrogen-bond donors (Lipinski definition) is 2. The summed E-state index contributed by atoms with van der Waals surface area (Å²) in [4.78, 5) is 25.2. The third kappa shape index (κ3) is 3.91. The fourth-order valence-electron chi connectivity index (χ4n) is 3.13. The van der Waals surface area contributed by atoms with Crippen molar-refractivity contribution in [2.45, 2.75) is 6.54 Å². The molecular weight excluding hydrogens is 384 g/mol. The van der Waals surface area contributed by atoms with Gasteiger partial charge in [0.2, 0.25) is 0 Å². The van der Waals surface area contributed by atoms with E-state index in [0.29, 0.717) is 46.4 Å². The minimum Gasteiger partial charge on any atom is -0.497 e. The van der Waals surface area contributed by atoms with Crippen molar-refractivity contribution in [3.63, 3.8) is 0 Å². The SMILES string of the molecule is COc1ccc(C(=O)Nc2ccc3c(c2)C(=O)NCc2cc(OC)ccc2O3)cc1. The third-order valence-corrected chi connectivity index (χ3v) is 4.76. The van der Waals surface area contributed by atoms with Gasteiger partial charge in [0.1, 0.15) is 23.0 Å². The molecular formula is C23H20N2O5. The molecule has 0 bridgehead atoms. The normalized spacial score (nSPS) is 12.3. The van der Waals surface area contributed by atoms with E-state index in [-0.39, 0.29) is 11.8 Å². The van der Waals surface area contributed by atoms with E-state index in [9.17, 15) is 9.59 Å². The van der Waals surface area contributed by atoms with E-state index in [1.165, 1.54) is 0 Å². The Labute approximate surface area is 173 Å². The van der Waals surface area contributed by atoms with Gasteiger partial charge in [-0.2, -0.15) is 0 Å². The van der Waals surface area contributed by atoms with Crippen LogP contribution in [0, 0.1) is 0 Å². The molecule has 0 fully saturated rings. The first-order valence-corrected chi connectivity index (χ1v) is 9.30. The van der Waals surface area contributed by atoms with E-state index in [2.05, 4.69) is 10.6 Å². The fraction of sp³-hybridized carbons (Fsp3) is 0.130. The molecule has 0 radical (unpaired) electrons. The van der Waals surface area contributed by atoms with Crippen molar-refractivity contribution in [1.82, 2.24) is 5.32 Å². The Hall–Kier alpha value is -4.00. The number of amides is 2. The summed E-state index contributed by atoms with van der Waals surface area (Å²) < 4.78 is 16.3. The predicted molar refractivity (Wildman–Crippen MR) is 112 cm³/mol. The first-order chi connectivity index (χ1) is 14.6. The molecule has 0 unspecified atom stereocenters. The Morgan fingerprint density at radius 2 is 1.63 bits per heavy atom. The zero-order valence-electron chi connectivity index (χ0n) is 16.5. The number of anilines is 1. The summed E-state index contributed by atoms with van der Waals surface area (Å²) in [5.41, 5.74) is 2.11. The number of carbonyl (C=O) groups excluding carboxylic acids is 2. The molecule has 2 N–H and O–H groups in total. The van der Waals surface area contributed by atoms with Crippen LogP contribution in [-0.2, 0) is 6.54 Å². The van der Waals surface area contributed by atoms with Crippen LogP contribution >= 0.6 is 0 Å². The van der Waals surface area contributed by atoms with Crippen molar-refractivity contribution in [2.24, 2.45) is 0 Å². The van der Waals surface area contributed by atoms with Crippen molar-refractivity contribution < 1.29 is 23.8 Å². The van der Waals surface area contributed by atoms with Gasteiger partial charge in [-0.15, -0.1) is 0 Å². The molecule has 0 aromatic heterocycles. The molecule has 2 amide bonds. The summed E-state index contributed by atoms with van der Waals surface area (Å²) in [6.07, 6.45) is 0. The van der Waals surface area contributed by atoms with Crippen LogP contribution in [0.3, 0.4) is 0 Å². The maximum absolute atomic E-state index is 12.7. The van der Waals surface area contributed by atoms with Gasteiger partial charge in [0.05, 0.1) is 19.8 Å². The summed E-state index contributed by atoms with van der Waals surface area (Å²) in [6, 6.07) is 17.1. The molecule has 0 saturated heterocycles. The Morgan fingerprint density at radius 1 is 0.933 bits per heavy atom. The van der Waals surface area contributed by atoms with Crippen molar-refractivity contribution >= 4 is 17.5 Å². The molecule has 4 rings (SSSR count). The van der Waals surface area contributed by atoms with Gasteiger partial charge in [-0.25, -0.2) is 0 Å². The summed E-state index contributed by atoms with van der Waals surface area (Å²) in [6.45, 7) is 0.299. The van der Waals surface area contributed by atoms with Crippen LogP contribution in [0.4, 0.5) is 5.69 Å². The molecule has 0 spiro atoms. The quantitative estimate of drug-likeness (QED) is 0.687. The zero-order chi connectivity index (χ0) is 21.1. The molecule has 0 atom stereocenters. The van der Waals surface area contributed by atoms with Crippen LogP contribution in [0.2, 0.25) is 0 Å². The largest absolute Gasteiger partial charge is 0.497 e. The summed E-state index contributed by atoms with van der Waals surface area (Å²) in [5.74, 6) is 1.80. The number of carbonyl (C=O) groups is 2. The standard InChI is InChI=1S/C23H20N2O5/c1-28-17-6-3-14(4-7-17)22(26)25-16-5-9-21-19(12-16)23(27)24-13-15-11-18(29-2)8-10-20(15)30-21/h3-12H,13H2,1-2H3,(H,24,27)(H,25,26). The van der Waals surface area contributed by atoms with Gasteiger partial charge >= 0.3 is 0 Å². The van der Waals surface area contributed by atoms with Gasteiger partial charge in [-0.05, 0) is 60.7 Å². The number of benzene rings is 3. The lowest BCUT2D eigenvalue weighted by molar-refractivity contribution is 0.0944. The smallest absolute Gasteiger partial charge is 0.255 e. The highest BCUT2D eigenvalue weighted by Crippen LogP contribution is 2.34. The van der Waals surface area contributed by atoms with Gasteiger partial charge < -0.3 is 24.8 Å². The minimum atomic E-state index is -0.293. The summed E-state index contributed by atoms with van der Waals surface area (Å²) >= 11 is 0. The maximum atomic E-state index is 12.7. The molecule has 0 aliphatic carbocycles. The molecule has 1 heterocycles. The Morgan fingerprint density at radius 3 is 2.37 bits per heavy atom. The summed E-state index contributed by atoms with van der Waals surface area (Å²) in [5, 5.41) is 5.68. The average Bonchev–Trinajstić information content (AvgIpc) is 2.78. The monoisotopic (exact) mass is 404 g/mol. The highest BCUT2D eigenvalue weighted by molar-refractivity contribution is 6.05. The minimum absolute atomic E-state index is 0.290. The molecule has 1 aliphatic rings. The highest BCUT2D eigenvalue weighted by atomic mass is 16.5. The van der Waals surface area contributed by atoms with Crippen LogP contribution in [-0.4, -0.2) is 26.0 Å². The van der Waals surface area contributed by atoms with Crippen molar-refractivity contribution in [3.05, 3.63) is 77.4 Å². The lowest BCUT2D eigenvalue weighted by Gasteiger charge is -2.19. The molecule has 3 aromatic carbocycles. The molecule has 1 aliphatic heterocycles. The Bertz CT molecular complexity index is 1110. The van der Waals surface area contributed by atoms with E-state index in [4.69, 9.17) is 14.2 Å².